The second-order valence-electron chi connectivity index (χ2n) is 9.93. The van der Waals surface area contributed by atoms with Crippen LogP contribution in [-0.2, 0) is 19.2 Å². The molecule has 2 N–H and O–H groups in total. The fraction of sp³-hybridized carbons (Fsp3) is 0.500. The van der Waals surface area contributed by atoms with Crippen LogP contribution in [0.1, 0.15) is 25.8 Å². The Morgan fingerprint density at radius 2 is 1.94 bits per heavy atom. The van der Waals surface area contributed by atoms with Crippen LogP contribution in [-0.4, -0.2) is 64.8 Å². The molecule has 0 bridgehead atoms. The van der Waals surface area contributed by atoms with Crippen molar-refractivity contribution in [1.29, 1.82) is 0 Å². The number of hydrogen-bond acceptors (Lipinski definition) is 4. The summed E-state index contributed by atoms with van der Waals surface area (Å²) in [6.45, 7) is 4.29. The first-order valence-corrected chi connectivity index (χ1v) is 12.0. The average Bonchev–Trinajstić information content (AvgIpc) is 3.15. The van der Waals surface area contributed by atoms with Crippen molar-refractivity contribution in [3.8, 4) is 0 Å². The molecule has 2 saturated heterocycles. The lowest BCUT2D eigenvalue weighted by atomic mass is 10.0. The summed E-state index contributed by atoms with van der Waals surface area (Å²) in [6.07, 6.45) is 2.76. The third-order valence-electron chi connectivity index (χ3n) is 7.33. The number of amides is 4. The van der Waals surface area contributed by atoms with E-state index in [9.17, 15) is 32.3 Å². The number of benzene rings is 1. The summed E-state index contributed by atoms with van der Waals surface area (Å²) in [4.78, 5) is 52.0. The van der Waals surface area contributed by atoms with Crippen LogP contribution in [0.5, 0.6) is 0 Å². The minimum absolute atomic E-state index is 0.0175. The number of carbonyl (C=O) groups is 4. The maximum absolute atomic E-state index is 13.7. The zero-order valence-electron chi connectivity index (χ0n) is 19.6. The molecule has 1 aliphatic carbocycles. The summed E-state index contributed by atoms with van der Waals surface area (Å²) in [7, 11) is 0. The van der Waals surface area contributed by atoms with Gasteiger partial charge in [0.25, 0.3) is 17.4 Å². The van der Waals surface area contributed by atoms with E-state index in [4.69, 9.17) is 11.6 Å². The van der Waals surface area contributed by atoms with Gasteiger partial charge in [-0.05, 0) is 47.4 Å². The Morgan fingerprint density at radius 3 is 2.53 bits per heavy atom. The van der Waals surface area contributed by atoms with Gasteiger partial charge in [0.2, 0.25) is 11.8 Å². The molecule has 0 radical (unpaired) electrons. The third kappa shape index (κ3) is 5.07. The highest BCUT2D eigenvalue weighted by Crippen LogP contribution is 2.64. The molecule has 36 heavy (non-hydrogen) atoms. The first-order valence-electron chi connectivity index (χ1n) is 11.5. The van der Waals surface area contributed by atoms with Crippen LogP contribution >= 0.6 is 11.6 Å². The van der Waals surface area contributed by atoms with Crippen molar-refractivity contribution >= 4 is 41.3 Å². The van der Waals surface area contributed by atoms with E-state index < -0.39 is 46.9 Å². The molecule has 2 heterocycles. The first kappa shape index (κ1) is 26.0. The molecule has 1 unspecified atom stereocenters. The van der Waals surface area contributed by atoms with Crippen LogP contribution in [0.15, 0.2) is 24.3 Å². The predicted octanol–water partition coefficient (Wildman–Crippen LogP) is 1.99. The van der Waals surface area contributed by atoms with E-state index in [2.05, 4.69) is 10.7 Å². The van der Waals surface area contributed by atoms with E-state index in [-0.39, 0.29) is 41.8 Å². The quantitative estimate of drug-likeness (QED) is 0.336. The number of nitrogens with one attached hydrogen (secondary N) is 2. The number of rotatable bonds is 6. The molecule has 2 aliphatic heterocycles. The summed E-state index contributed by atoms with van der Waals surface area (Å²) in [5, 5.41) is 3.31. The van der Waals surface area contributed by atoms with Gasteiger partial charge in [0.05, 0.1) is 12.5 Å². The van der Waals surface area contributed by atoms with Crippen LogP contribution in [0.2, 0.25) is 0 Å². The summed E-state index contributed by atoms with van der Waals surface area (Å²) >= 11 is 5.33. The Hall–Kier alpha value is -3.08. The van der Waals surface area contributed by atoms with Gasteiger partial charge in [0.1, 0.15) is 17.7 Å². The van der Waals surface area contributed by atoms with Crippen molar-refractivity contribution in [3.63, 3.8) is 0 Å². The molecule has 1 aromatic rings. The van der Waals surface area contributed by atoms with Gasteiger partial charge in [0.15, 0.2) is 0 Å². The monoisotopic (exact) mass is 526 g/mol. The van der Waals surface area contributed by atoms with E-state index in [1.165, 1.54) is 11.0 Å². The van der Waals surface area contributed by atoms with E-state index >= 15 is 0 Å². The minimum Gasteiger partial charge on any atom is -0.356 e. The molecule has 8 nitrogen and oxygen atoms in total. The molecular formula is C24H26ClF3N4O4. The van der Waals surface area contributed by atoms with Gasteiger partial charge in [-0.3, -0.25) is 24.6 Å². The topological polar surface area (TPSA) is 98.8 Å². The smallest absolute Gasteiger partial charge is 0.291 e. The molecule has 3 aliphatic rings. The fourth-order valence-corrected chi connectivity index (χ4v) is 5.41. The number of nitrogens with zero attached hydrogens (tertiary/aromatic N) is 2. The maximum Gasteiger partial charge on any atom is 0.291 e. The molecular weight excluding hydrogens is 501 g/mol. The van der Waals surface area contributed by atoms with Crippen molar-refractivity contribution in [2.45, 2.75) is 31.9 Å². The Kier molecular flexibility index (Phi) is 7.05. The lowest BCUT2D eigenvalue weighted by Crippen LogP contribution is -2.57. The highest BCUT2D eigenvalue weighted by atomic mass is 35.5. The Bertz CT molecular complexity index is 1110. The van der Waals surface area contributed by atoms with E-state index in [1.54, 1.807) is 0 Å². The first-order chi connectivity index (χ1) is 16.9. The maximum atomic E-state index is 13.7. The third-order valence-corrected chi connectivity index (χ3v) is 7.51. The second-order valence-corrected chi connectivity index (χ2v) is 10.3. The number of hydrazine groups is 1. The molecule has 3 fully saturated rings. The predicted molar refractivity (Wildman–Crippen MR) is 123 cm³/mol. The number of carbonyl (C=O) groups excluding carboxylic acids is 4. The Labute approximate surface area is 210 Å². The van der Waals surface area contributed by atoms with Crippen LogP contribution in [0.4, 0.5) is 13.2 Å². The fourth-order valence-electron chi connectivity index (χ4n) is 5.30. The van der Waals surface area contributed by atoms with Crippen LogP contribution in [0, 0.1) is 34.8 Å². The highest BCUT2D eigenvalue weighted by molar-refractivity contribution is 6.29. The van der Waals surface area contributed by atoms with Gasteiger partial charge in [-0.15, -0.1) is 0 Å². The number of piperidine rings is 1. The van der Waals surface area contributed by atoms with Crippen LogP contribution < -0.4 is 10.7 Å². The average molecular weight is 527 g/mol. The zero-order valence-corrected chi connectivity index (χ0v) is 20.4. The van der Waals surface area contributed by atoms with E-state index in [1.807, 2.05) is 13.8 Å². The van der Waals surface area contributed by atoms with Gasteiger partial charge in [-0.1, -0.05) is 25.4 Å². The Balaban J connectivity index is 1.52. The van der Waals surface area contributed by atoms with Crippen molar-refractivity contribution < 1.29 is 32.3 Å². The standard InChI is InChI=1S/C24H26ClF3N4O4/c1-24(2)16-11-31(17(33)4-3-12-7-14(26)9-15(27)8-12)19(18(16)24)22(35)30-32(23(36)20(25)28)10-13-5-6-29-21(13)34/h3-4,7-9,13,16,18-20H,5-6,10-11H2,1-2H3,(H,29,34)(H,30,35)/b4-3+/t13-,16-,18-,19-,20?/m0/s1. The van der Waals surface area contributed by atoms with Crippen LogP contribution in [0.3, 0.4) is 0 Å². The molecule has 0 spiro atoms. The molecule has 4 rings (SSSR count). The molecule has 4 amide bonds. The van der Waals surface area contributed by atoms with E-state index in [0.717, 1.165) is 18.2 Å². The number of halogens is 4. The summed E-state index contributed by atoms with van der Waals surface area (Å²) in [5.41, 5.74) is -0.168. The summed E-state index contributed by atoms with van der Waals surface area (Å²) in [5.74, 6) is -5.26. The summed E-state index contributed by atoms with van der Waals surface area (Å²) < 4.78 is 40.6. The molecule has 0 aromatic heterocycles. The van der Waals surface area contributed by atoms with Crippen molar-refractivity contribution in [2.24, 2.45) is 23.2 Å². The number of alkyl halides is 2. The number of likely N-dealkylation sites (tertiary alicyclic amines) is 1. The lowest BCUT2D eigenvalue weighted by molar-refractivity contribution is -0.148. The highest BCUT2D eigenvalue weighted by Gasteiger charge is 2.69. The molecule has 194 valence electrons. The number of fused-ring (bicyclic) bond motifs is 1. The van der Waals surface area contributed by atoms with Gasteiger partial charge in [0, 0.05) is 25.2 Å². The van der Waals surface area contributed by atoms with Gasteiger partial charge in [-0.25, -0.2) is 18.2 Å². The summed E-state index contributed by atoms with van der Waals surface area (Å²) in [6, 6.07) is 1.85. The molecule has 5 atom stereocenters. The molecule has 12 heteroatoms. The van der Waals surface area contributed by atoms with E-state index in [0.29, 0.717) is 24.0 Å². The van der Waals surface area contributed by atoms with Crippen molar-refractivity contribution in [2.75, 3.05) is 19.6 Å². The van der Waals surface area contributed by atoms with Gasteiger partial charge in [-0.2, -0.15) is 0 Å². The minimum atomic E-state index is -2.43. The SMILES string of the molecule is CC1(C)[C@@H]2[C@@H](C(=O)NN(C[C@@H]3CCNC3=O)C(=O)C(F)Cl)N(C(=O)/C=C/c3cc(F)cc(F)c3)C[C@@H]21. The molecule has 1 aromatic carbocycles. The lowest BCUT2D eigenvalue weighted by Gasteiger charge is -2.32. The van der Waals surface area contributed by atoms with Gasteiger partial charge >= 0.3 is 0 Å². The van der Waals surface area contributed by atoms with Crippen molar-refractivity contribution in [3.05, 3.63) is 41.5 Å². The van der Waals surface area contributed by atoms with Gasteiger partial charge < -0.3 is 10.2 Å². The van der Waals surface area contributed by atoms with Crippen molar-refractivity contribution in [1.82, 2.24) is 20.7 Å². The normalized spacial score (nSPS) is 26.9. The second kappa shape index (κ2) is 9.76. The largest absolute Gasteiger partial charge is 0.356 e. The molecule has 1 saturated carbocycles. The zero-order chi connectivity index (χ0) is 26.4. The number of hydrogen-bond donors (Lipinski definition) is 2. The van der Waals surface area contributed by atoms with Crippen LogP contribution in [0.25, 0.3) is 6.08 Å². The Morgan fingerprint density at radius 1 is 1.28 bits per heavy atom.